The molecule has 0 aliphatic carbocycles. The summed E-state index contributed by atoms with van der Waals surface area (Å²) in [4.78, 5) is 0. The molecular formula is C17H23BNO2Si. The third-order valence-corrected chi connectivity index (χ3v) is 10.2. The Kier molecular flexibility index (Phi) is 3.63. The number of hydrogen-bond acceptors (Lipinski definition) is 3. The lowest BCUT2D eigenvalue weighted by molar-refractivity contribution is 0.174. The quantitative estimate of drug-likeness (QED) is 0.764. The van der Waals surface area contributed by atoms with Crippen LogP contribution in [0.2, 0.25) is 18.1 Å². The van der Waals surface area contributed by atoms with E-state index in [1.54, 1.807) is 0 Å². The SMILES string of the molecule is CC(C)(C)[Si](C)(C)N1[B]C(c2ccc3c(c2)OCO3)=CC=C1. The van der Waals surface area contributed by atoms with Gasteiger partial charge in [-0.3, -0.25) is 0 Å². The van der Waals surface area contributed by atoms with E-state index in [0.717, 1.165) is 17.1 Å². The van der Waals surface area contributed by atoms with Gasteiger partial charge in [0.1, 0.15) is 8.24 Å². The first-order valence-electron chi connectivity index (χ1n) is 7.71. The molecule has 0 fully saturated rings. The summed E-state index contributed by atoms with van der Waals surface area (Å²) < 4.78 is 13.3. The summed E-state index contributed by atoms with van der Waals surface area (Å²) in [6.07, 6.45) is 6.50. The maximum absolute atomic E-state index is 5.49. The summed E-state index contributed by atoms with van der Waals surface area (Å²) in [5.74, 6) is 1.66. The second kappa shape index (κ2) is 5.23. The minimum atomic E-state index is -1.61. The van der Waals surface area contributed by atoms with Crippen molar-refractivity contribution in [2.24, 2.45) is 0 Å². The first-order valence-corrected chi connectivity index (χ1v) is 10.7. The second-order valence-corrected chi connectivity index (χ2v) is 12.5. The van der Waals surface area contributed by atoms with Crippen LogP contribution in [0, 0.1) is 0 Å². The summed E-state index contributed by atoms with van der Waals surface area (Å²) in [6.45, 7) is 12.1. The van der Waals surface area contributed by atoms with Crippen LogP contribution in [0.5, 0.6) is 11.5 Å². The van der Waals surface area contributed by atoms with E-state index in [4.69, 9.17) is 9.47 Å². The number of fused-ring (bicyclic) bond motifs is 1. The molecule has 0 spiro atoms. The third kappa shape index (κ3) is 2.58. The van der Waals surface area contributed by atoms with Gasteiger partial charge in [0.05, 0.1) is 0 Å². The van der Waals surface area contributed by atoms with Crippen LogP contribution in [0.1, 0.15) is 26.3 Å². The average Bonchev–Trinajstić information content (AvgIpc) is 2.93. The Morgan fingerprint density at radius 1 is 1.14 bits per heavy atom. The van der Waals surface area contributed by atoms with Gasteiger partial charge >= 0.3 is 0 Å². The molecule has 2 aliphatic rings. The van der Waals surface area contributed by atoms with E-state index in [1.165, 1.54) is 5.47 Å². The lowest BCUT2D eigenvalue weighted by Gasteiger charge is -2.47. The van der Waals surface area contributed by atoms with E-state index in [-0.39, 0.29) is 0 Å². The summed E-state index contributed by atoms with van der Waals surface area (Å²) in [7, 11) is 0.668. The van der Waals surface area contributed by atoms with E-state index in [0.29, 0.717) is 11.8 Å². The highest BCUT2D eigenvalue weighted by molar-refractivity contribution is 6.86. The van der Waals surface area contributed by atoms with Crippen LogP contribution in [0.4, 0.5) is 0 Å². The number of nitrogens with zero attached hydrogens (tertiary/aromatic N) is 1. The lowest BCUT2D eigenvalue weighted by atomic mass is 9.76. The van der Waals surface area contributed by atoms with Crippen LogP contribution >= 0.6 is 0 Å². The minimum absolute atomic E-state index is 0.297. The number of benzene rings is 1. The molecule has 0 unspecified atom stereocenters. The fraction of sp³-hybridized carbons (Fsp3) is 0.412. The Labute approximate surface area is 135 Å². The number of hydrogen-bond donors (Lipinski definition) is 0. The molecule has 22 heavy (non-hydrogen) atoms. The van der Waals surface area contributed by atoms with Gasteiger partial charge in [0.15, 0.2) is 11.5 Å². The van der Waals surface area contributed by atoms with Crippen molar-refractivity contribution in [2.75, 3.05) is 6.79 Å². The normalized spacial score (nSPS) is 17.3. The largest absolute Gasteiger partial charge is 0.454 e. The fourth-order valence-electron chi connectivity index (χ4n) is 2.46. The number of allylic oxidation sites excluding steroid dienone is 2. The van der Waals surface area contributed by atoms with Crippen molar-refractivity contribution < 1.29 is 9.47 Å². The summed E-state index contributed by atoms with van der Waals surface area (Å²) in [6, 6.07) is 6.15. The molecule has 0 amide bonds. The van der Waals surface area contributed by atoms with Crippen LogP contribution in [-0.4, -0.2) is 26.9 Å². The molecule has 1 radical (unpaired) electrons. The van der Waals surface area contributed by atoms with Crippen molar-refractivity contribution in [2.45, 2.75) is 38.9 Å². The Hall–Kier alpha value is -1.62. The molecule has 0 saturated heterocycles. The predicted molar refractivity (Wildman–Crippen MR) is 94.5 cm³/mol. The Morgan fingerprint density at radius 2 is 1.86 bits per heavy atom. The van der Waals surface area contributed by atoms with E-state index in [2.05, 4.69) is 76.2 Å². The van der Waals surface area contributed by atoms with Gasteiger partial charge in [0, 0.05) is 0 Å². The number of ether oxygens (including phenoxy) is 2. The molecule has 0 N–H and O–H groups in total. The fourth-order valence-corrected chi connectivity index (χ4v) is 4.15. The molecule has 3 rings (SSSR count). The third-order valence-electron chi connectivity index (χ3n) is 4.99. The maximum Gasteiger partial charge on any atom is 0.276 e. The van der Waals surface area contributed by atoms with Gasteiger partial charge in [-0.1, -0.05) is 51.5 Å². The van der Waals surface area contributed by atoms with E-state index >= 15 is 0 Å². The van der Waals surface area contributed by atoms with Gasteiger partial charge in [0.2, 0.25) is 6.79 Å². The first kappa shape index (κ1) is 15.3. The van der Waals surface area contributed by atoms with Crippen molar-refractivity contribution in [3.63, 3.8) is 0 Å². The zero-order valence-corrected chi connectivity index (χ0v) is 15.0. The van der Waals surface area contributed by atoms with Crippen molar-refractivity contribution in [1.29, 1.82) is 0 Å². The summed E-state index contributed by atoms with van der Waals surface area (Å²) >= 11 is 0. The Balaban J connectivity index is 1.85. The van der Waals surface area contributed by atoms with Crippen molar-refractivity contribution >= 4 is 21.1 Å². The smallest absolute Gasteiger partial charge is 0.276 e. The summed E-state index contributed by atoms with van der Waals surface area (Å²) in [5, 5.41) is 0.297. The van der Waals surface area contributed by atoms with Crippen LogP contribution in [-0.2, 0) is 0 Å². The molecule has 3 nitrogen and oxygen atoms in total. The van der Waals surface area contributed by atoms with E-state index in [9.17, 15) is 0 Å². The highest BCUT2D eigenvalue weighted by Crippen LogP contribution is 2.40. The molecule has 0 saturated carbocycles. The van der Waals surface area contributed by atoms with Crippen LogP contribution in [0.3, 0.4) is 0 Å². The predicted octanol–water partition coefficient (Wildman–Crippen LogP) is 4.21. The molecule has 1 aromatic rings. The standard InChI is InChI=1S/C17H23BNO2Si/c1-17(2,3)22(4,5)19-10-6-7-14(18-19)13-8-9-15-16(11-13)21-12-20-15/h6-11H,12H2,1-5H3. The molecule has 0 aromatic heterocycles. The molecule has 0 atom stereocenters. The molecular weight excluding hydrogens is 289 g/mol. The van der Waals surface area contributed by atoms with Crippen molar-refractivity contribution in [3.05, 3.63) is 42.1 Å². The zero-order valence-electron chi connectivity index (χ0n) is 14.0. The molecule has 115 valence electrons. The molecule has 1 aromatic carbocycles. The number of rotatable bonds is 2. The van der Waals surface area contributed by atoms with Crippen LogP contribution in [0.15, 0.2) is 36.6 Å². The van der Waals surface area contributed by atoms with Gasteiger partial charge in [-0.25, -0.2) is 0 Å². The van der Waals surface area contributed by atoms with Gasteiger partial charge in [-0.05, 0) is 35.0 Å². The Bertz CT molecular complexity index is 647. The highest BCUT2D eigenvalue weighted by atomic mass is 28.3. The van der Waals surface area contributed by atoms with Gasteiger partial charge in [-0.2, -0.15) is 0 Å². The average molecular weight is 312 g/mol. The van der Waals surface area contributed by atoms with E-state index in [1.807, 2.05) is 6.07 Å². The highest BCUT2D eigenvalue weighted by Gasteiger charge is 2.40. The van der Waals surface area contributed by atoms with Gasteiger partial charge in [0.25, 0.3) is 7.41 Å². The zero-order chi connectivity index (χ0) is 16.0. The lowest BCUT2D eigenvalue weighted by Crippen LogP contribution is -2.54. The first-order chi connectivity index (χ1) is 10.3. The topological polar surface area (TPSA) is 21.7 Å². The van der Waals surface area contributed by atoms with Crippen molar-refractivity contribution in [1.82, 2.24) is 4.48 Å². The molecule has 2 heterocycles. The minimum Gasteiger partial charge on any atom is -0.454 e. The van der Waals surface area contributed by atoms with Crippen LogP contribution < -0.4 is 9.47 Å². The molecule has 0 bridgehead atoms. The monoisotopic (exact) mass is 312 g/mol. The molecule has 5 heteroatoms. The van der Waals surface area contributed by atoms with E-state index < -0.39 is 8.24 Å². The van der Waals surface area contributed by atoms with Crippen molar-refractivity contribution in [3.8, 4) is 11.5 Å². The Morgan fingerprint density at radius 3 is 2.59 bits per heavy atom. The maximum atomic E-state index is 5.49. The second-order valence-electron chi connectivity index (χ2n) is 7.38. The van der Waals surface area contributed by atoms with Gasteiger partial charge in [-0.15, -0.1) is 0 Å². The van der Waals surface area contributed by atoms with Crippen LogP contribution in [0.25, 0.3) is 5.47 Å². The molecule has 2 aliphatic heterocycles. The summed E-state index contributed by atoms with van der Waals surface area (Å²) in [5.41, 5.74) is 2.38. The van der Waals surface area contributed by atoms with Gasteiger partial charge < -0.3 is 14.0 Å².